The Kier molecular flexibility index (Phi) is 7.05. The molecule has 1 N–H and O–H groups in total. The lowest BCUT2D eigenvalue weighted by Gasteiger charge is -2.20. The van der Waals surface area contributed by atoms with Crippen LogP contribution in [0.1, 0.15) is 38.9 Å². The van der Waals surface area contributed by atoms with Crippen LogP contribution in [-0.2, 0) is 0 Å². The predicted molar refractivity (Wildman–Crippen MR) is 77.2 cm³/mol. The molecule has 0 aromatic carbocycles. The van der Waals surface area contributed by atoms with E-state index < -0.39 is 0 Å². The SMILES string of the molecule is CCNC(CSC(C)CC)c1nccnc1OC. The molecule has 1 rings (SSSR count). The fourth-order valence-electron chi connectivity index (χ4n) is 1.59. The standard InChI is InChI=1S/C13H23N3OS/c1-5-10(3)18-9-11(14-6-2)12-13(17-4)16-8-7-15-12/h7-8,10-11,14H,5-6,9H2,1-4H3. The van der Waals surface area contributed by atoms with Crippen LogP contribution in [0.15, 0.2) is 12.4 Å². The summed E-state index contributed by atoms with van der Waals surface area (Å²) in [5.74, 6) is 1.60. The molecule has 0 saturated heterocycles. The second-order valence-corrected chi connectivity index (χ2v) is 5.58. The molecule has 0 amide bonds. The first-order chi connectivity index (χ1) is 8.72. The Morgan fingerprint density at radius 3 is 2.67 bits per heavy atom. The molecule has 2 unspecified atom stereocenters. The number of ether oxygens (including phenoxy) is 1. The van der Waals surface area contributed by atoms with Crippen LogP contribution in [0.25, 0.3) is 0 Å². The van der Waals surface area contributed by atoms with Crippen molar-refractivity contribution in [2.75, 3.05) is 19.4 Å². The summed E-state index contributed by atoms with van der Waals surface area (Å²) in [6, 6.07) is 0.192. The highest BCUT2D eigenvalue weighted by atomic mass is 32.2. The predicted octanol–water partition coefficient (Wildman–Crippen LogP) is 2.67. The largest absolute Gasteiger partial charge is 0.480 e. The third-order valence-electron chi connectivity index (χ3n) is 2.79. The zero-order chi connectivity index (χ0) is 13.4. The fourth-order valence-corrected chi connectivity index (χ4v) is 2.62. The van der Waals surface area contributed by atoms with Crippen molar-refractivity contribution >= 4 is 11.8 Å². The second-order valence-electron chi connectivity index (χ2n) is 4.11. The smallest absolute Gasteiger partial charge is 0.237 e. The van der Waals surface area contributed by atoms with Crippen molar-refractivity contribution in [1.82, 2.24) is 15.3 Å². The molecule has 0 aliphatic carbocycles. The van der Waals surface area contributed by atoms with Crippen LogP contribution in [0.4, 0.5) is 0 Å². The lowest BCUT2D eigenvalue weighted by atomic mass is 10.2. The zero-order valence-corrected chi connectivity index (χ0v) is 12.5. The van der Waals surface area contributed by atoms with Crippen molar-refractivity contribution in [2.24, 2.45) is 0 Å². The highest BCUT2D eigenvalue weighted by molar-refractivity contribution is 7.99. The average Bonchev–Trinajstić information content (AvgIpc) is 2.43. The number of nitrogens with one attached hydrogen (secondary N) is 1. The van der Waals surface area contributed by atoms with E-state index in [1.54, 1.807) is 19.5 Å². The van der Waals surface area contributed by atoms with Gasteiger partial charge in [-0.3, -0.25) is 4.98 Å². The monoisotopic (exact) mass is 269 g/mol. The summed E-state index contributed by atoms with van der Waals surface area (Å²) >= 11 is 1.95. The topological polar surface area (TPSA) is 47.0 Å². The van der Waals surface area contributed by atoms with E-state index in [2.05, 4.69) is 36.1 Å². The molecule has 0 radical (unpaired) electrons. The molecular formula is C13H23N3OS. The molecule has 1 aromatic heterocycles. The molecule has 0 aliphatic heterocycles. The van der Waals surface area contributed by atoms with Gasteiger partial charge in [0, 0.05) is 23.4 Å². The minimum Gasteiger partial charge on any atom is -0.480 e. The van der Waals surface area contributed by atoms with Gasteiger partial charge < -0.3 is 10.1 Å². The molecule has 5 heteroatoms. The highest BCUT2D eigenvalue weighted by Gasteiger charge is 2.18. The molecule has 102 valence electrons. The number of nitrogens with zero attached hydrogens (tertiary/aromatic N) is 2. The number of aromatic nitrogens is 2. The van der Waals surface area contributed by atoms with Crippen molar-refractivity contribution in [3.63, 3.8) is 0 Å². The van der Waals surface area contributed by atoms with Gasteiger partial charge in [-0.05, 0) is 13.0 Å². The number of methoxy groups -OCH3 is 1. The van der Waals surface area contributed by atoms with Crippen LogP contribution in [0.2, 0.25) is 0 Å². The van der Waals surface area contributed by atoms with E-state index in [9.17, 15) is 0 Å². The van der Waals surface area contributed by atoms with Gasteiger partial charge in [0.1, 0.15) is 5.69 Å². The molecular weight excluding hydrogens is 246 g/mol. The van der Waals surface area contributed by atoms with Crippen LogP contribution in [0.3, 0.4) is 0 Å². The number of thioether (sulfide) groups is 1. The first kappa shape index (κ1) is 15.2. The minimum absolute atomic E-state index is 0.192. The molecule has 1 heterocycles. The fraction of sp³-hybridized carbons (Fsp3) is 0.692. The molecule has 0 aliphatic rings. The lowest BCUT2D eigenvalue weighted by molar-refractivity contribution is 0.381. The lowest BCUT2D eigenvalue weighted by Crippen LogP contribution is -2.25. The maximum absolute atomic E-state index is 5.28. The van der Waals surface area contributed by atoms with E-state index in [1.165, 1.54) is 6.42 Å². The van der Waals surface area contributed by atoms with Gasteiger partial charge in [-0.1, -0.05) is 20.8 Å². The van der Waals surface area contributed by atoms with Crippen molar-refractivity contribution in [3.8, 4) is 5.88 Å². The molecule has 4 nitrogen and oxygen atoms in total. The molecule has 18 heavy (non-hydrogen) atoms. The van der Waals surface area contributed by atoms with E-state index in [4.69, 9.17) is 4.74 Å². The van der Waals surface area contributed by atoms with Crippen LogP contribution < -0.4 is 10.1 Å². The number of hydrogen-bond acceptors (Lipinski definition) is 5. The van der Waals surface area contributed by atoms with Gasteiger partial charge >= 0.3 is 0 Å². The van der Waals surface area contributed by atoms with Crippen molar-refractivity contribution in [3.05, 3.63) is 18.1 Å². The van der Waals surface area contributed by atoms with E-state index in [0.29, 0.717) is 11.1 Å². The average molecular weight is 269 g/mol. The summed E-state index contributed by atoms with van der Waals surface area (Å²) in [5, 5.41) is 4.11. The quantitative estimate of drug-likeness (QED) is 0.786. The van der Waals surface area contributed by atoms with Crippen molar-refractivity contribution in [1.29, 1.82) is 0 Å². The van der Waals surface area contributed by atoms with Crippen LogP contribution >= 0.6 is 11.8 Å². The molecule has 2 atom stereocenters. The van der Waals surface area contributed by atoms with Gasteiger partial charge in [-0.2, -0.15) is 11.8 Å². The molecule has 0 spiro atoms. The summed E-state index contributed by atoms with van der Waals surface area (Å²) in [5.41, 5.74) is 0.901. The van der Waals surface area contributed by atoms with Gasteiger partial charge in [0.05, 0.1) is 13.2 Å². The summed E-state index contributed by atoms with van der Waals surface area (Å²) in [6.45, 7) is 7.47. The normalized spacial score (nSPS) is 14.2. The van der Waals surface area contributed by atoms with Gasteiger partial charge in [0.25, 0.3) is 0 Å². The van der Waals surface area contributed by atoms with Crippen molar-refractivity contribution < 1.29 is 4.74 Å². The Hall–Kier alpha value is -0.810. The van der Waals surface area contributed by atoms with Gasteiger partial charge in [-0.25, -0.2) is 4.98 Å². The Bertz CT molecular complexity index is 349. The first-order valence-electron chi connectivity index (χ1n) is 6.42. The summed E-state index contributed by atoms with van der Waals surface area (Å²) in [7, 11) is 1.64. The molecule has 0 fully saturated rings. The van der Waals surface area contributed by atoms with Gasteiger partial charge in [0.15, 0.2) is 0 Å². The second kappa shape index (κ2) is 8.32. The summed E-state index contributed by atoms with van der Waals surface area (Å²) in [4.78, 5) is 8.62. The Labute approximate surface area is 114 Å². The zero-order valence-electron chi connectivity index (χ0n) is 11.6. The van der Waals surface area contributed by atoms with Crippen LogP contribution in [0, 0.1) is 0 Å². The van der Waals surface area contributed by atoms with E-state index in [0.717, 1.165) is 18.0 Å². The minimum atomic E-state index is 0.192. The third-order valence-corrected chi connectivity index (χ3v) is 4.22. The summed E-state index contributed by atoms with van der Waals surface area (Å²) in [6.07, 6.45) is 4.56. The Morgan fingerprint density at radius 2 is 2.06 bits per heavy atom. The molecule has 1 aromatic rings. The maximum atomic E-state index is 5.28. The highest BCUT2D eigenvalue weighted by Crippen LogP contribution is 2.25. The summed E-state index contributed by atoms with van der Waals surface area (Å²) < 4.78 is 5.28. The first-order valence-corrected chi connectivity index (χ1v) is 7.47. The maximum Gasteiger partial charge on any atom is 0.237 e. The van der Waals surface area contributed by atoms with E-state index in [-0.39, 0.29) is 6.04 Å². The van der Waals surface area contributed by atoms with Gasteiger partial charge in [0.2, 0.25) is 5.88 Å². The van der Waals surface area contributed by atoms with E-state index >= 15 is 0 Å². The van der Waals surface area contributed by atoms with E-state index in [1.807, 2.05) is 11.8 Å². The van der Waals surface area contributed by atoms with Crippen LogP contribution in [-0.4, -0.2) is 34.6 Å². The molecule has 0 bridgehead atoms. The van der Waals surface area contributed by atoms with Crippen LogP contribution in [0.5, 0.6) is 5.88 Å². The Morgan fingerprint density at radius 1 is 1.33 bits per heavy atom. The van der Waals surface area contributed by atoms with Crippen molar-refractivity contribution in [2.45, 2.75) is 38.5 Å². The molecule has 0 saturated carbocycles. The third kappa shape index (κ3) is 4.46. The number of hydrogen-bond donors (Lipinski definition) is 1. The Balaban J connectivity index is 2.76. The number of rotatable bonds is 8. The van der Waals surface area contributed by atoms with Gasteiger partial charge in [-0.15, -0.1) is 0 Å².